The molecular formula is C20H20N4O3S. The molecule has 0 spiro atoms. The van der Waals surface area contributed by atoms with E-state index in [0.717, 1.165) is 18.4 Å². The average Bonchev–Trinajstić information content (AvgIpc) is 2.98. The van der Waals surface area contributed by atoms with Gasteiger partial charge >= 0.3 is 0 Å². The van der Waals surface area contributed by atoms with Crippen LogP contribution in [0.4, 0.5) is 5.69 Å². The van der Waals surface area contributed by atoms with E-state index < -0.39 is 4.92 Å². The number of hydrogen-bond donors (Lipinski definition) is 0. The van der Waals surface area contributed by atoms with Gasteiger partial charge in [-0.1, -0.05) is 67.6 Å². The molecule has 2 aromatic carbocycles. The van der Waals surface area contributed by atoms with Crippen LogP contribution < -0.4 is 0 Å². The van der Waals surface area contributed by atoms with Gasteiger partial charge in [0.2, 0.25) is 5.91 Å². The van der Waals surface area contributed by atoms with Gasteiger partial charge in [-0.15, -0.1) is 5.10 Å². The fraction of sp³-hybridized carbons (Fsp3) is 0.250. The van der Waals surface area contributed by atoms with E-state index in [-0.39, 0.29) is 16.8 Å². The normalized spacial score (nSPS) is 18.3. The summed E-state index contributed by atoms with van der Waals surface area (Å²) in [7, 11) is 0. The summed E-state index contributed by atoms with van der Waals surface area (Å²) in [5.41, 5.74) is 1.59. The summed E-state index contributed by atoms with van der Waals surface area (Å²) >= 11 is 1.42. The third-order valence-corrected chi connectivity index (χ3v) is 5.42. The van der Waals surface area contributed by atoms with Crippen molar-refractivity contribution in [3.8, 4) is 0 Å². The minimum atomic E-state index is -0.453. The van der Waals surface area contributed by atoms with Crippen LogP contribution in [0.2, 0.25) is 0 Å². The lowest BCUT2D eigenvalue weighted by Gasteiger charge is -2.15. The van der Waals surface area contributed by atoms with E-state index in [9.17, 15) is 14.9 Å². The van der Waals surface area contributed by atoms with E-state index >= 15 is 0 Å². The standard InChI is InChI=1S/C20H20N4O3S/c1-2-7-18-19(25)23(14-15-8-4-3-5-9-15)20(28-18)22-21-13-16-10-6-11-17(12-16)24(26)27/h3-6,8-13,18H,2,7,14H2,1H3/b21-13-,22-20+/t18-/m0/s1. The summed E-state index contributed by atoms with van der Waals surface area (Å²) in [6.07, 6.45) is 3.15. The zero-order valence-electron chi connectivity index (χ0n) is 15.4. The second-order valence-electron chi connectivity index (χ2n) is 6.28. The lowest BCUT2D eigenvalue weighted by molar-refractivity contribution is -0.384. The van der Waals surface area contributed by atoms with Crippen LogP contribution in [0.25, 0.3) is 0 Å². The van der Waals surface area contributed by atoms with Crippen molar-refractivity contribution in [1.29, 1.82) is 0 Å². The van der Waals surface area contributed by atoms with Crippen molar-refractivity contribution in [2.24, 2.45) is 10.2 Å². The first-order valence-corrected chi connectivity index (χ1v) is 9.84. The molecule has 2 aromatic rings. The van der Waals surface area contributed by atoms with Gasteiger partial charge in [-0.05, 0) is 12.0 Å². The average molecular weight is 396 g/mol. The number of benzene rings is 2. The largest absolute Gasteiger partial charge is 0.284 e. The minimum absolute atomic E-state index is 0.00395. The highest BCUT2D eigenvalue weighted by atomic mass is 32.2. The zero-order chi connectivity index (χ0) is 19.9. The number of nitro groups is 1. The summed E-state index contributed by atoms with van der Waals surface area (Å²) in [5, 5.41) is 19.6. The third-order valence-electron chi connectivity index (χ3n) is 4.19. The molecule has 28 heavy (non-hydrogen) atoms. The molecule has 0 saturated carbocycles. The van der Waals surface area contributed by atoms with Crippen LogP contribution in [-0.2, 0) is 11.3 Å². The SMILES string of the molecule is CCC[C@@H]1S/C(=N/N=C\c2cccc([N+](=O)[O-])c2)N(Cc2ccccc2)C1=O. The highest BCUT2D eigenvalue weighted by Gasteiger charge is 2.37. The van der Waals surface area contributed by atoms with Crippen molar-refractivity contribution in [2.45, 2.75) is 31.6 Å². The summed E-state index contributed by atoms with van der Waals surface area (Å²) in [6.45, 7) is 2.49. The van der Waals surface area contributed by atoms with Gasteiger partial charge in [0.25, 0.3) is 5.69 Å². The van der Waals surface area contributed by atoms with Crippen LogP contribution in [0.3, 0.4) is 0 Å². The van der Waals surface area contributed by atoms with E-state index in [0.29, 0.717) is 17.3 Å². The molecule has 8 heteroatoms. The molecule has 1 fully saturated rings. The number of nitro benzene ring substituents is 1. The molecule has 0 bridgehead atoms. The van der Waals surface area contributed by atoms with Crippen molar-refractivity contribution in [3.63, 3.8) is 0 Å². The Hall–Kier alpha value is -3.00. The molecule has 1 amide bonds. The molecule has 1 saturated heterocycles. The predicted octanol–water partition coefficient (Wildman–Crippen LogP) is 4.23. The van der Waals surface area contributed by atoms with Gasteiger partial charge < -0.3 is 0 Å². The first-order valence-electron chi connectivity index (χ1n) is 8.96. The second kappa shape index (κ2) is 9.27. The molecule has 0 aromatic heterocycles. The quantitative estimate of drug-likeness (QED) is 0.398. The third kappa shape index (κ3) is 4.83. The van der Waals surface area contributed by atoms with Crippen LogP contribution in [0.15, 0.2) is 64.8 Å². The number of rotatable bonds is 7. The number of carbonyl (C=O) groups excluding carboxylic acids is 1. The number of non-ortho nitro benzene ring substituents is 1. The molecule has 0 aliphatic carbocycles. The van der Waals surface area contributed by atoms with Gasteiger partial charge in [0.1, 0.15) is 0 Å². The molecule has 0 radical (unpaired) electrons. The van der Waals surface area contributed by atoms with Crippen molar-refractivity contribution in [3.05, 3.63) is 75.8 Å². The molecule has 0 N–H and O–H groups in total. The Morgan fingerprint density at radius 1 is 1.21 bits per heavy atom. The first-order chi connectivity index (χ1) is 13.6. The van der Waals surface area contributed by atoms with Crippen molar-refractivity contribution in [1.82, 2.24) is 4.90 Å². The van der Waals surface area contributed by atoms with Crippen LogP contribution in [0.5, 0.6) is 0 Å². The fourth-order valence-electron chi connectivity index (χ4n) is 2.81. The van der Waals surface area contributed by atoms with Gasteiger partial charge in [-0.25, -0.2) is 0 Å². The lowest BCUT2D eigenvalue weighted by atomic mass is 10.2. The number of thioether (sulfide) groups is 1. The Balaban J connectivity index is 1.81. The van der Waals surface area contributed by atoms with Crippen molar-refractivity contribution >= 4 is 34.7 Å². The highest BCUT2D eigenvalue weighted by molar-refractivity contribution is 8.15. The molecule has 1 atom stereocenters. The van der Waals surface area contributed by atoms with Gasteiger partial charge in [0, 0.05) is 17.7 Å². The fourth-order valence-corrected chi connectivity index (χ4v) is 4.02. The zero-order valence-corrected chi connectivity index (χ0v) is 16.2. The monoisotopic (exact) mass is 396 g/mol. The maximum atomic E-state index is 12.8. The summed E-state index contributed by atoms with van der Waals surface area (Å²) in [5.74, 6) is 0.0417. The number of amidine groups is 1. The summed E-state index contributed by atoms with van der Waals surface area (Å²) in [6, 6.07) is 15.9. The van der Waals surface area contributed by atoms with Crippen LogP contribution in [0, 0.1) is 10.1 Å². The number of nitrogens with zero attached hydrogens (tertiary/aromatic N) is 4. The minimum Gasteiger partial charge on any atom is -0.284 e. The van der Waals surface area contributed by atoms with Gasteiger partial charge in [-0.3, -0.25) is 19.8 Å². The van der Waals surface area contributed by atoms with Crippen LogP contribution in [0.1, 0.15) is 30.9 Å². The first kappa shape index (κ1) is 19.8. The Morgan fingerprint density at radius 2 is 2.00 bits per heavy atom. The molecule has 1 aliphatic heterocycles. The Bertz CT molecular complexity index is 915. The Labute approximate surface area is 167 Å². The topological polar surface area (TPSA) is 88.2 Å². The van der Waals surface area contributed by atoms with E-state index in [4.69, 9.17) is 0 Å². The van der Waals surface area contributed by atoms with E-state index in [2.05, 4.69) is 10.2 Å². The predicted molar refractivity (Wildman–Crippen MR) is 111 cm³/mol. The molecular weight excluding hydrogens is 376 g/mol. The van der Waals surface area contributed by atoms with Gasteiger partial charge in [-0.2, -0.15) is 5.10 Å². The van der Waals surface area contributed by atoms with Crippen molar-refractivity contribution in [2.75, 3.05) is 0 Å². The van der Waals surface area contributed by atoms with Crippen LogP contribution >= 0.6 is 11.8 Å². The number of hydrogen-bond acceptors (Lipinski definition) is 6. The molecule has 1 aliphatic rings. The van der Waals surface area contributed by atoms with Gasteiger partial charge in [0.15, 0.2) is 5.17 Å². The maximum absolute atomic E-state index is 12.8. The summed E-state index contributed by atoms with van der Waals surface area (Å²) in [4.78, 5) is 24.8. The molecule has 7 nitrogen and oxygen atoms in total. The highest BCUT2D eigenvalue weighted by Crippen LogP contribution is 2.31. The Morgan fingerprint density at radius 3 is 2.71 bits per heavy atom. The Kier molecular flexibility index (Phi) is 6.54. The molecule has 1 heterocycles. The molecule has 0 unspecified atom stereocenters. The lowest BCUT2D eigenvalue weighted by Crippen LogP contribution is -2.31. The maximum Gasteiger partial charge on any atom is 0.270 e. The van der Waals surface area contributed by atoms with E-state index in [1.54, 1.807) is 17.0 Å². The molecule has 3 rings (SSSR count). The van der Waals surface area contributed by atoms with E-state index in [1.165, 1.54) is 30.1 Å². The van der Waals surface area contributed by atoms with Gasteiger partial charge in [0.05, 0.1) is 22.9 Å². The van der Waals surface area contributed by atoms with Crippen molar-refractivity contribution < 1.29 is 9.72 Å². The van der Waals surface area contributed by atoms with E-state index in [1.807, 2.05) is 37.3 Å². The smallest absolute Gasteiger partial charge is 0.270 e. The molecule has 144 valence electrons. The van der Waals surface area contributed by atoms with Crippen LogP contribution in [-0.4, -0.2) is 32.4 Å². The summed E-state index contributed by atoms with van der Waals surface area (Å²) < 4.78 is 0. The number of carbonyl (C=O) groups is 1. The second-order valence-corrected chi connectivity index (χ2v) is 7.45. The number of amides is 1.